The van der Waals surface area contributed by atoms with E-state index in [1.807, 2.05) is 0 Å². The van der Waals surface area contributed by atoms with E-state index in [1.54, 1.807) is 6.92 Å². The number of aliphatic hydroxyl groups excluding tert-OH is 1. The first-order valence-corrected chi connectivity index (χ1v) is 26.8. The Bertz CT molecular complexity index is 1270. The van der Waals surface area contributed by atoms with Gasteiger partial charge in [-0.05, 0) is 19.3 Å². The van der Waals surface area contributed by atoms with Crippen molar-refractivity contribution in [2.45, 2.75) is 219 Å². The number of carbonyl (C=O) groups is 4. The third-order valence-corrected chi connectivity index (χ3v) is 11.8. The number of hydrogen-bond donors (Lipinski definition) is 3. The Labute approximate surface area is 377 Å². The van der Waals surface area contributed by atoms with E-state index in [1.165, 1.54) is 90.4 Å². The molecule has 372 valence electrons. The summed E-state index contributed by atoms with van der Waals surface area (Å²) in [6.07, 6.45) is 21.3. The molecule has 2 unspecified atom stereocenters. The zero-order valence-corrected chi connectivity index (χ0v) is 40.8. The Morgan fingerprint density at radius 2 is 0.714 bits per heavy atom. The average Bonchev–Trinajstić information content (AvgIpc) is 3.25. The topological polar surface area (TPSA) is 237 Å². The summed E-state index contributed by atoms with van der Waals surface area (Å²) in [6.45, 7) is 3.69. The highest BCUT2D eigenvalue weighted by atomic mass is 31.2. The van der Waals surface area contributed by atoms with Crippen LogP contribution in [0, 0.1) is 0 Å². The van der Waals surface area contributed by atoms with Crippen LogP contribution in [0.15, 0.2) is 0 Å². The van der Waals surface area contributed by atoms with Crippen LogP contribution in [0.4, 0.5) is 0 Å². The van der Waals surface area contributed by atoms with Crippen molar-refractivity contribution in [1.82, 2.24) is 0 Å². The third-order valence-electron chi connectivity index (χ3n) is 9.88. The Kier molecular flexibility index (Phi) is 39.1. The monoisotopic (exact) mass is 947 g/mol. The zero-order valence-electron chi connectivity index (χ0n) is 39.0. The molecule has 0 bridgehead atoms. The number of carbonyl (C=O) groups excluding carboxylic acids is 4. The summed E-state index contributed by atoms with van der Waals surface area (Å²) < 4.78 is 65.5. The predicted molar refractivity (Wildman–Crippen MR) is 238 cm³/mol. The predicted octanol–water partition coefficient (Wildman–Crippen LogP) is 10.1. The van der Waals surface area contributed by atoms with Gasteiger partial charge < -0.3 is 33.8 Å². The van der Waals surface area contributed by atoms with Gasteiger partial charge in [-0.1, -0.05) is 156 Å². The van der Waals surface area contributed by atoms with Crippen LogP contribution in [0.1, 0.15) is 201 Å². The van der Waals surface area contributed by atoms with Crippen LogP contribution in [-0.4, -0.2) is 96.7 Å². The van der Waals surface area contributed by atoms with Gasteiger partial charge in [-0.15, -0.1) is 0 Å². The smallest absolute Gasteiger partial charge is 0.462 e. The quantitative estimate of drug-likeness (QED) is 0.0223. The molecular weight excluding hydrogens is 862 g/mol. The molecule has 0 aliphatic carbocycles. The Morgan fingerprint density at radius 1 is 0.397 bits per heavy atom. The molecule has 0 rings (SSSR count). The van der Waals surface area contributed by atoms with E-state index >= 15 is 0 Å². The van der Waals surface area contributed by atoms with Crippen molar-refractivity contribution in [3.05, 3.63) is 0 Å². The Morgan fingerprint density at radius 3 is 1.08 bits per heavy atom. The SMILES string of the molecule is CCCCCCCCCCCCCCC(=O)O[C@H](COC(=O)CCCCCCCCCCCC)COP(=O)(O)OC[C@H](O)COP(=O)(O)OC[C@@H](COC(=O)CCC)OC(=O)CC. The number of esters is 4. The van der Waals surface area contributed by atoms with Gasteiger partial charge >= 0.3 is 39.5 Å². The van der Waals surface area contributed by atoms with Gasteiger partial charge in [-0.3, -0.25) is 37.3 Å². The summed E-state index contributed by atoms with van der Waals surface area (Å²) in [5.41, 5.74) is 0. The van der Waals surface area contributed by atoms with Gasteiger partial charge in [0.15, 0.2) is 12.2 Å². The van der Waals surface area contributed by atoms with Crippen LogP contribution in [-0.2, 0) is 65.4 Å². The van der Waals surface area contributed by atoms with Crippen molar-refractivity contribution in [2.24, 2.45) is 0 Å². The molecule has 0 aromatic carbocycles. The van der Waals surface area contributed by atoms with Gasteiger partial charge in [0.2, 0.25) is 0 Å². The van der Waals surface area contributed by atoms with Gasteiger partial charge in [0.1, 0.15) is 19.3 Å². The van der Waals surface area contributed by atoms with Crippen LogP contribution in [0.2, 0.25) is 0 Å². The molecule has 3 N–H and O–H groups in total. The van der Waals surface area contributed by atoms with E-state index < -0.39 is 97.5 Å². The van der Waals surface area contributed by atoms with Crippen molar-refractivity contribution in [2.75, 3.05) is 39.6 Å². The molecule has 0 amide bonds. The Balaban J connectivity index is 4.96. The van der Waals surface area contributed by atoms with Crippen molar-refractivity contribution < 1.29 is 80.2 Å². The minimum Gasteiger partial charge on any atom is -0.462 e. The van der Waals surface area contributed by atoms with Crippen LogP contribution in [0.25, 0.3) is 0 Å². The first-order valence-electron chi connectivity index (χ1n) is 23.8. The van der Waals surface area contributed by atoms with Gasteiger partial charge in [0, 0.05) is 25.7 Å². The first-order chi connectivity index (χ1) is 30.2. The second-order valence-electron chi connectivity index (χ2n) is 16.0. The summed E-state index contributed by atoms with van der Waals surface area (Å²) in [5, 5.41) is 10.2. The minimum atomic E-state index is -4.91. The molecule has 63 heavy (non-hydrogen) atoms. The number of ether oxygens (including phenoxy) is 4. The third kappa shape index (κ3) is 40.1. The fourth-order valence-electron chi connectivity index (χ4n) is 6.17. The van der Waals surface area contributed by atoms with Gasteiger partial charge in [0.25, 0.3) is 0 Å². The summed E-state index contributed by atoms with van der Waals surface area (Å²) in [5.74, 6) is -2.31. The number of aliphatic hydroxyl groups is 1. The average molecular weight is 947 g/mol. The van der Waals surface area contributed by atoms with E-state index in [0.29, 0.717) is 19.3 Å². The fraction of sp³-hybridized carbons (Fsp3) is 0.909. The van der Waals surface area contributed by atoms with E-state index in [0.717, 1.165) is 44.9 Å². The molecule has 0 radical (unpaired) electrons. The molecule has 0 aromatic heterocycles. The fourth-order valence-corrected chi connectivity index (χ4v) is 7.75. The first kappa shape index (κ1) is 61.1. The molecule has 0 saturated carbocycles. The molecule has 0 aliphatic heterocycles. The van der Waals surface area contributed by atoms with Gasteiger partial charge in [-0.2, -0.15) is 0 Å². The molecule has 0 fully saturated rings. The molecular formula is C44H84O17P2. The highest BCUT2D eigenvalue weighted by molar-refractivity contribution is 7.47. The lowest BCUT2D eigenvalue weighted by Crippen LogP contribution is -2.30. The lowest BCUT2D eigenvalue weighted by molar-refractivity contribution is -0.161. The molecule has 19 heteroatoms. The van der Waals surface area contributed by atoms with E-state index in [-0.39, 0.29) is 25.7 Å². The lowest BCUT2D eigenvalue weighted by Gasteiger charge is -2.21. The maximum Gasteiger partial charge on any atom is 0.472 e. The van der Waals surface area contributed by atoms with Crippen molar-refractivity contribution in [1.29, 1.82) is 0 Å². The van der Waals surface area contributed by atoms with Crippen molar-refractivity contribution in [3.63, 3.8) is 0 Å². The minimum absolute atomic E-state index is 0.0183. The molecule has 5 atom stereocenters. The lowest BCUT2D eigenvalue weighted by atomic mass is 10.0. The summed E-state index contributed by atoms with van der Waals surface area (Å²) in [4.78, 5) is 69.1. The van der Waals surface area contributed by atoms with Crippen LogP contribution in [0.5, 0.6) is 0 Å². The van der Waals surface area contributed by atoms with Gasteiger partial charge in [0.05, 0.1) is 26.4 Å². The van der Waals surface area contributed by atoms with Crippen molar-refractivity contribution >= 4 is 39.5 Å². The maximum absolute atomic E-state index is 12.7. The number of phosphoric ester groups is 2. The number of unbranched alkanes of at least 4 members (excludes halogenated alkanes) is 20. The molecule has 0 aromatic rings. The maximum atomic E-state index is 12.7. The van der Waals surface area contributed by atoms with E-state index in [4.69, 9.17) is 37.0 Å². The van der Waals surface area contributed by atoms with Crippen LogP contribution in [0.3, 0.4) is 0 Å². The molecule has 17 nitrogen and oxygen atoms in total. The normalized spacial score (nSPS) is 14.8. The second kappa shape index (κ2) is 40.3. The summed E-state index contributed by atoms with van der Waals surface area (Å²) in [7, 11) is -9.78. The summed E-state index contributed by atoms with van der Waals surface area (Å²) in [6, 6.07) is 0. The van der Waals surface area contributed by atoms with Crippen LogP contribution < -0.4 is 0 Å². The highest BCUT2D eigenvalue weighted by Crippen LogP contribution is 2.45. The summed E-state index contributed by atoms with van der Waals surface area (Å²) >= 11 is 0. The Hall–Kier alpha value is -1.94. The molecule has 0 heterocycles. The highest BCUT2D eigenvalue weighted by Gasteiger charge is 2.30. The number of rotatable bonds is 45. The standard InChI is InChI=1S/C44H84O17P2/c1-5-9-11-13-15-17-19-20-22-24-26-28-31-44(49)61-40(35-55-43(48)30-27-25-23-21-18-16-14-12-10-6-2)37-59-63(52,53)57-33-38(45)32-56-62(50,51)58-36-39(60-41(46)8-4)34-54-42(47)29-7-3/h38-40,45H,5-37H2,1-4H3,(H,50,51)(H,52,53)/t38-,39-,40-/m1/s1. The molecule has 0 aliphatic rings. The molecule has 0 saturated heterocycles. The van der Waals surface area contributed by atoms with Crippen molar-refractivity contribution in [3.8, 4) is 0 Å². The second-order valence-corrected chi connectivity index (χ2v) is 18.9. The van der Waals surface area contributed by atoms with Gasteiger partial charge in [-0.25, -0.2) is 9.13 Å². The van der Waals surface area contributed by atoms with E-state index in [9.17, 15) is 43.2 Å². The molecule has 0 spiro atoms. The van der Waals surface area contributed by atoms with Crippen LogP contribution >= 0.6 is 15.6 Å². The zero-order chi connectivity index (χ0) is 47.0. The largest absolute Gasteiger partial charge is 0.472 e. The number of phosphoric acid groups is 2. The number of hydrogen-bond acceptors (Lipinski definition) is 15. The van der Waals surface area contributed by atoms with E-state index in [2.05, 4.69) is 13.8 Å².